The molecular weight excluding hydrogens is 260 g/mol. The van der Waals surface area contributed by atoms with E-state index in [0.29, 0.717) is 13.2 Å². The summed E-state index contributed by atoms with van der Waals surface area (Å²) in [5.41, 5.74) is 8.14. The number of rotatable bonds is 6. The number of hydrogen-bond acceptors (Lipinski definition) is 2. The summed E-state index contributed by atoms with van der Waals surface area (Å²) in [5, 5.41) is 0. The second-order valence-electron chi connectivity index (χ2n) is 5.34. The predicted octanol–water partition coefficient (Wildman–Crippen LogP) is 4.33. The van der Waals surface area contributed by atoms with Crippen LogP contribution in [0.4, 0.5) is 0 Å². The molecule has 0 N–H and O–H groups in total. The SMILES string of the molecule is CCOCc1ccc2c(c1COCC)Cc1ccccc1-2. The summed E-state index contributed by atoms with van der Waals surface area (Å²) in [6.45, 7) is 6.90. The Morgan fingerprint density at radius 3 is 2.43 bits per heavy atom. The summed E-state index contributed by atoms with van der Waals surface area (Å²) in [5.74, 6) is 0. The Kier molecular flexibility index (Phi) is 4.37. The van der Waals surface area contributed by atoms with Crippen LogP contribution < -0.4 is 0 Å². The van der Waals surface area contributed by atoms with Gasteiger partial charge < -0.3 is 9.47 Å². The zero-order valence-corrected chi connectivity index (χ0v) is 12.8. The maximum absolute atomic E-state index is 5.71. The fourth-order valence-electron chi connectivity index (χ4n) is 3.05. The van der Waals surface area contributed by atoms with Gasteiger partial charge in [0.15, 0.2) is 0 Å². The Labute approximate surface area is 126 Å². The van der Waals surface area contributed by atoms with Crippen LogP contribution in [-0.2, 0) is 29.1 Å². The van der Waals surface area contributed by atoms with Gasteiger partial charge in [0.1, 0.15) is 0 Å². The molecule has 0 spiro atoms. The first-order valence-corrected chi connectivity index (χ1v) is 7.72. The maximum atomic E-state index is 5.71. The molecule has 110 valence electrons. The lowest BCUT2D eigenvalue weighted by molar-refractivity contribution is 0.119. The molecule has 2 nitrogen and oxygen atoms in total. The van der Waals surface area contributed by atoms with Crippen LogP contribution in [0.25, 0.3) is 11.1 Å². The second kappa shape index (κ2) is 6.42. The molecule has 2 aromatic rings. The van der Waals surface area contributed by atoms with Gasteiger partial charge in [0.05, 0.1) is 13.2 Å². The summed E-state index contributed by atoms with van der Waals surface area (Å²) in [4.78, 5) is 0. The molecule has 0 saturated carbocycles. The predicted molar refractivity (Wildman–Crippen MR) is 85.3 cm³/mol. The van der Waals surface area contributed by atoms with Crippen molar-refractivity contribution >= 4 is 0 Å². The molecule has 0 amide bonds. The summed E-state index contributed by atoms with van der Waals surface area (Å²) < 4.78 is 11.3. The molecule has 3 rings (SSSR count). The normalized spacial score (nSPS) is 12.3. The lowest BCUT2D eigenvalue weighted by atomic mass is 9.97. The molecule has 0 atom stereocenters. The minimum absolute atomic E-state index is 0.669. The van der Waals surface area contributed by atoms with Gasteiger partial charge in [0.2, 0.25) is 0 Å². The Balaban J connectivity index is 2.02. The van der Waals surface area contributed by atoms with E-state index in [2.05, 4.69) is 36.4 Å². The quantitative estimate of drug-likeness (QED) is 0.670. The molecule has 0 heterocycles. The highest BCUT2D eigenvalue weighted by atomic mass is 16.5. The lowest BCUT2D eigenvalue weighted by Crippen LogP contribution is -2.04. The van der Waals surface area contributed by atoms with Crippen LogP contribution in [0.3, 0.4) is 0 Å². The number of fused-ring (bicyclic) bond motifs is 3. The third-order valence-electron chi connectivity index (χ3n) is 4.12. The van der Waals surface area contributed by atoms with Gasteiger partial charge in [0, 0.05) is 13.2 Å². The van der Waals surface area contributed by atoms with Crippen molar-refractivity contribution in [1.82, 2.24) is 0 Å². The zero-order chi connectivity index (χ0) is 14.7. The maximum Gasteiger partial charge on any atom is 0.0723 e. The van der Waals surface area contributed by atoms with Gasteiger partial charge in [-0.2, -0.15) is 0 Å². The molecule has 0 bridgehead atoms. The van der Waals surface area contributed by atoms with E-state index in [1.807, 2.05) is 13.8 Å². The van der Waals surface area contributed by atoms with Crippen LogP contribution in [-0.4, -0.2) is 13.2 Å². The third-order valence-corrected chi connectivity index (χ3v) is 4.12. The standard InChI is InChI=1S/C19H22O2/c1-3-20-12-15-9-10-17-16-8-6-5-7-14(16)11-18(17)19(15)13-21-4-2/h5-10H,3-4,11-13H2,1-2H3. The summed E-state index contributed by atoms with van der Waals surface area (Å²) in [7, 11) is 0. The van der Waals surface area contributed by atoms with Crippen molar-refractivity contribution < 1.29 is 9.47 Å². The van der Waals surface area contributed by atoms with Crippen molar-refractivity contribution in [2.24, 2.45) is 0 Å². The number of hydrogen-bond donors (Lipinski definition) is 0. The first-order chi connectivity index (χ1) is 10.3. The van der Waals surface area contributed by atoms with Crippen LogP contribution in [0.2, 0.25) is 0 Å². The summed E-state index contributed by atoms with van der Waals surface area (Å²) in [6, 6.07) is 13.1. The number of ether oxygens (including phenoxy) is 2. The van der Waals surface area contributed by atoms with E-state index in [9.17, 15) is 0 Å². The average molecular weight is 282 g/mol. The molecule has 2 aromatic carbocycles. The lowest BCUT2D eigenvalue weighted by Gasteiger charge is -2.15. The van der Waals surface area contributed by atoms with E-state index >= 15 is 0 Å². The van der Waals surface area contributed by atoms with Crippen molar-refractivity contribution in [2.75, 3.05) is 13.2 Å². The molecule has 0 aliphatic heterocycles. The van der Waals surface area contributed by atoms with Crippen molar-refractivity contribution in [2.45, 2.75) is 33.5 Å². The Morgan fingerprint density at radius 1 is 0.857 bits per heavy atom. The van der Waals surface area contributed by atoms with Gasteiger partial charge in [-0.25, -0.2) is 0 Å². The van der Waals surface area contributed by atoms with E-state index in [1.165, 1.54) is 33.4 Å². The highest BCUT2D eigenvalue weighted by Gasteiger charge is 2.22. The van der Waals surface area contributed by atoms with Gasteiger partial charge in [-0.05, 0) is 53.6 Å². The van der Waals surface area contributed by atoms with Gasteiger partial charge in [-0.3, -0.25) is 0 Å². The van der Waals surface area contributed by atoms with Crippen LogP contribution in [0.1, 0.15) is 36.1 Å². The van der Waals surface area contributed by atoms with Crippen LogP contribution in [0.5, 0.6) is 0 Å². The molecule has 2 heteroatoms. The van der Waals surface area contributed by atoms with E-state index in [4.69, 9.17) is 9.47 Å². The largest absolute Gasteiger partial charge is 0.377 e. The minimum Gasteiger partial charge on any atom is -0.377 e. The second-order valence-corrected chi connectivity index (χ2v) is 5.34. The van der Waals surface area contributed by atoms with Gasteiger partial charge in [-0.1, -0.05) is 36.4 Å². The first-order valence-electron chi connectivity index (χ1n) is 7.72. The fourth-order valence-corrected chi connectivity index (χ4v) is 3.05. The van der Waals surface area contributed by atoms with E-state index in [0.717, 1.165) is 19.6 Å². The molecule has 0 unspecified atom stereocenters. The minimum atomic E-state index is 0.669. The molecule has 0 fully saturated rings. The third kappa shape index (κ3) is 2.74. The van der Waals surface area contributed by atoms with E-state index in [-0.39, 0.29) is 0 Å². The summed E-state index contributed by atoms with van der Waals surface area (Å²) >= 11 is 0. The van der Waals surface area contributed by atoms with Crippen LogP contribution in [0, 0.1) is 0 Å². The van der Waals surface area contributed by atoms with Crippen LogP contribution in [0.15, 0.2) is 36.4 Å². The topological polar surface area (TPSA) is 18.5 Å². The molecule has 21 heavy (non-hydrogen) atoms. The average Bonchev–Trinajstić information content (AvgIpc) is 2.90. The van der Waals surface area contributed by atoms with Crippen molar-refractivity contribution in [1.29, 1.82) is 0 Å². The molecule has 0 aromatic heterocycles. The van der Waals surface area contributed by atoms with Crippen molar-refractivity contribution in [3.8, 4) is 11.1 Å². The summed E-state index contributed by atoms with van der Waals surface area (Å²) in [6.07, 6.45) is 1.01. The highest BCUT2D eigenvalue weighted by Crippen LogP contribution is 2.39. The highest BCUT2D eigenvalue weighted by molar-refractivity contribution is 5.78. The van der Waals surface area contributed by atoms with E-state index < -0.39 is 0 Å². The fraction of sp³-hybridized carbons (Fsp3) is 0.368. The van der Waals surface area contributed by atoms with Crippen molar-refractivity contribution in [3.05, 3.63) is 58.7 Å². The Morgan fingerprint density at radius 2 is 1.62 bits per heavy atom. The Bertz CT molecular complexity index is 631. The molecule has 1 aliphatic rings. The zero-order valence-electron chi connectivity index (χ0n) is 12.8. The van der Waals surface area contributed by atoms with Gasteiger partial charge in [0.25, 0.3) is 0 Å². The Hall–Kier alpha value is -1.64. The van der Waals surface area contributed by atoms with Crippen LogP contribution >= 0.6 is 0 Å². The smallest absolute Gasteiger partial charge is 0.0723 e. The van der Waals surface area contributed by atoms with Gasteiger partial charge >= 0.3 is 0 Å². The first kappa shape index (κ1) is 14.3. The van der Waals surface area contributed by atoms with Gasteiger partial charge in [-0.15, -0.1) is 0 Å². The van der Waals surface area contributed by atoms with Crippen molar-refractivity contribution in [3.63, 3.8) is 0 Å². The molecule has 1 aliphatic carbocycles. The number of benzene rings is 2. The molecular formula is C19H22O2. The molecule has 0 radical (unpaired) electrons. The monoisotopic (exact) mass is 282 g/mol. The molecule has 0 saturated heterocycles. The van der Waals surface area contributed by atoms with E-state index in [1.54, 1.807) is 0 Å².